The highest BCUT2D eigenvalue weighted by Gasteiger charge is 2.47. The summed E-state index contributed by atoms with van der Waals surface area (Å²) in [6.07, 6.45) is 2.34. The van der Waals surface area contributed by atoms with E-state index in [2.05, 4.69) is 4.90 Å². The minimum Gasteiger partial charge on any atom is -0.507 e. The van der Waals surface area contributed by atoms with Crippen LogP contribution >= 0.6 is 0 Å². The molecule has 1 unspecified atom stereocenters. The number of carbonyl (C=O) groups is 2. The number of aryl methyl sites for hydroxylation is 2. The van der Waals surface area contributed by atoms with E-state index in [9.17, 15) is 14.7 Å². The molecular formula is C36H34N2O4. The third-order valence-corrected chi connectivity index (χ3v) is 8.21. The molecule has 4 aromatic carbocycles. The summed E-state index contributed by atoms with van der Waals surface area (Å²) in [6, 6.07) is 29.9. The molecule has 6 heteroatoms. The third-order valence-electron chi connectivity index (χ3n) is 8.21. The van der Waals surface area contributed by atoms with Crippen LogP contribution in [-0.2, 0) is 16.2 Å². The fourth-order valence-electron chi connectivity index (χ4n) is 5.94. The summed E-state index contributed by atoms with van der Waals surface area (Å²) in [5, 5.41) is 11.6. The SMILES string of the molecule is Cc1cc(/C(O)=C2\C(=O)C(=O)N(c3ccc(N4CCCC4)cc3)C2c2ccccc2C)ccc1OCc1ccccc1. The first kappa shape index (κ1) is 27.3. The molecule has 2 aliphatic rings. The van der Waals surface area contributed by atoms with Gasteiger partial charge in [0.05, 0.1) is 11.6 Å². The largest absolute Gasteiger partial charge is 0.507 e. The molecule has 6 rings (SSSR count). The molecule has 2 saturated heterocycles. The molecule has 1 amide bonds. The number of ether oxygens (including phenoxy) is 1. The quantitative estimate of drug-likeness (QED) is 0.149. The maximum Gasteiger partial charge on any atom is 0.300 e. The van der Waals surface area contributed by atoms with Gasteiger partial charge in [-0.15, -0.1) is 0 Å². The summed E-state index contributed by atoms with van der Waals surface area (Å²) in [5.74, 6) is -0.871. The van der Waals surface area contributed by atoms with Crippen molar-refractivity contribution < 1.29 is 19.4 Å². The number of hydrogen-bond donors (Lipinski definition) is 1. The number of rotatable bonds is 7. The Morgan fingerprint density at radius 3 is 2.17 bits per heavy atom. The molecule has 2 heterocycles. The fraction of sp³-hybridized carbons (Fsp3) is 0.222. The van der Waals surface area contributed by atoms with Crippen molar-refractivity contribution in [1.82, 2.24) is 0 Å². The van der Waals surface area contributed by atoms with Gasteiger partial charge in [0.25, 0.3) is 11.7 Å². The Morgan fingerprint density at radius 1 is 0.810 bits per heavy atom. The zero-order valence-electron chi connectivity index (χ0n) is 23.9. The van der Waals surface area contributed by atoms with Gasteiger partial charge >= 0.3 is 0 Å². The van der Waals surface area contributed by atoms with Gasteiger partial charge in [-0.2, -0.15) is 0 Å². The summed E-state index contributed by atoms with van der Waals surface area (Å²) >= 11 is 0. The topological polar surface area (TPSA) is 70.1 Å². The highest BCUT2D eigenvalue weighted by molar-refractivity contribution is 6.51. The van der Waals surface area contributed by atoms with Gasteiger partial charge < -0.3 is 14.7 Å². The number of ketones is 1. The molecule has 0 aliphatic carbocycles. The van der Waals surface area contributed by atoms with Gasteiger partial charge in [0, 0.05) is 30.0 Å². The lowest BCUT2D eigenvalue weighted by atomic mass is 9.92. The zero-order valence-corrected chi connectivity index (χ0v) is 23.9. The van der Waals surface area contributed by atoms with Crippen molar-refractivity contribution in [3.05, 3.63) is 130 Å². The number of nitrogens with zero attached hydrogens (tertiary/aromatic N) is 2. The minimum atomic E-state index is -0.766. The van der Waals surface area contributed by atoms with Crippen molar-refractivity contribution in [2.45, 2.75) is 39.3 Å². The van der Waals surface area contributed by atoms with Gasteiger partial charge in [-0.1, -0.05) is 54.6 Å². The molecule has 4 aromatic rings. The summed E-state index contributed by atoms with van der Waals surface area (Å²) in [7, 11) is 0. The fourth-order valence-corrected chi connectivity index (χ4v) is 5.94. The van der Waals surface area contributed by atoms with E-state index in [0.717, 1.165) is 41.0 Å². The zero-order chi connectivity index (χ0) is 29.2. The number of benzene rings is 4. The van der Waals surface area contributed by atoms with Crippen LogP contribution in [0.5, 0.6) is 5.75 Å². The molecule has 6 nitrogen and oxygen atoms in total. The predicted molar refractivity (Wildman–Crippen MR) is 166 cm³/mol. The number of anilines is 2. The summed E-state index contributed by atoms with van der Waals surface area (Å²) in [4.78, 5) is 31.1. The third kappa shape index (κ3) is 5.16. The first-order valence-corrected chi connectivity index (χ1v) is 14.4. The van der Waals surface area contributed by atoms with Crippen LogP contribution in [-0.4, -0.2) is 29.9 Å². The standard InChI is InChI=1S/C36H34N2O4/c1-24-10-6-7-13-30(24)33-32(34(39)27-14-19-31(25(2)22-27)42-23-26-11-4-3-5-12-26)35(40)36(41)38(33)29-17-15-28(16-18-29)37-20-8-9-21-37/h3-7,10-19,22,33,39H,8-9,20-21,23H2,1-2H3/b34-32+. The number of carbonyl (C=O) groups excluding carboxylic acids is 2. The summed E-state index contributed by atoms with van der Waals surface area (Å²) in [6.45, 7) is 6.30. The smallest absolute Gasteiger partial charge is 0.300 e. The van der Waals surface area contributed by atoms with E-state index in [0.29, 0.717) is 23.6 Å². The Morgan fingerprint density at radius 2 is 1.48 bits per heavy atom. The molecule has 1 N–H and O–H groups in total. The normalized spacial score (nSPS) is 18.1. The number of aliphatic hydroxyl groups is 1. The second kappa shape index (κ2) is 11.6. The van der Waals surface area contributed by atoms with Crippen LogP contribution in [0.3, 0.4) is 0 Å². The first-order valence-electron chi connectivity index (χ1n) is 14.4. The van der Waals surface area contributed by atoms with E-state index in [-0.39, 0.29) is 11.3 Å². The van der Waals surface area contributed by atoms with Crippen molar-refractivity contribution in [1.29, 1.82) is 0 Å². The Balaban J connectivity index is 1.38. The summed E-state index contributed by atoms with van der Waals surface area (Å²) < 4.78 is 6.02. The average molecular weight is 559 g/mol. The monoisotopic (exact) mass is 558 g/mol. The average Bonchev–Trinajstić information content (AvgIpc) is 3.64. The maximum absolute atomic E-state index is 13.6. The Hall–Kier alpha value is -4.84. The maximum atomic E-state index is 13.6. The highest BCUT2D eigenvalue weighted by atomic mass is 16.5. The predicted octanol–water partition coefficient (Wildman–Crippen LogP) is 7.11. The van der Waals surface area contributed by atoms with Gasteiger partial charge in [-0.05, 0) is 91.4 Å². The van der Waals surface area contributed by atoms with Crippen LogP contribution in [0.1, 0.15) is 46.7 Å². The molecule has 0 saturated carbocycles. The molecule has 0 spiro atoms. The van der Waals surface area contributed by atoms with Crippen LogP contribution in [0, 0.1) is 13.8 Å². The minimum absolute atomic E-state index is 0.0790. The second-order valence-electron chi connectivity index (χ2n) is 11.0. The van der Waals surface area contributed by atoms with Gasteiger partial charge in [0.1, 0.15) is 18.1 Å². The number of hydrogen-bond acceptors (Lipinski definition) is 5. The van der Waals surface area contributed by atoms with E-state index >= 15 is 0 Å². The molecule has 0 bridgehead atoms. The van der Waals surface area contributed by atoms with Crippen molar-refractivity contribution in [2.24, 2.45) is 0 Å². The van der Waals surface area contributed by atoms with Crippen LogP contribution in [0.15, 0.2) is 103 Å². The number of aliphatic hydroxyl groups excluding tert-OH is 1. The van der Waals surface area contributed by atoms with E-state index < -0.39 is 17.7 Å². The van der Waals surface area contributed by atoms with E-state index in [1.165, 1.54) is 17.7 Å². The lowest BCUT2D eigenvalue weighted by Crippen LogP contribution is -2.29. The van der Waals surface area contributed by atoms with Crippen LogP contribution in [0.25, 0.3) is 5.76 Å². The summed E-state index contributed by atoms with van der Waals surface area (Å²) in [5.41, 5.74) is 5.84. The van der Waals surface area contributed by atoms with E-state index in [1.807, 2.05) is 92.7 Å². The van der Waals surface area contributed by atoms with Crippen molar-refractivity contribution in [2.75, 3.05) is 22.9 Å². The van der Waals surface area contributed by atoms with Crippen molar-refractivity contribution in [3.8, 4) is 5.75 Å². The first-order chi connectivity index (χ1) is 20.4. The van der Waals surface area contributed by atoms with Gasteiger partial charge in [0.2, 0.25) is 0 Å². The van der Waals surface area contributed by atoms with Crippen molar-refractivity contribution >= 4 is 28.8 Å². The number of Topliss-reactive ketones (excluding diaryl/α,β-unsaturated/α-hetero) is 1. The second-order valence-corrected chi connectivity index (χ2v) is 11.0. The van der Waals surface area contributed by atoms with Crippen molar-refractivity contribution in [3.63, 3.8) is 0 Å². The van der Waals surface area contributed by atoms with Gasteiger partial charge in [-0.3, -0.25) is 14.5 Å². The molecule has 0 radical (unpaired) electrons. The highest BCUT2D eigenvalue weighted by Crippen LogP contribution is 2.43. The lowest BCUT2D eigenvalue weighted by Gasteiger charge is -2.27. The Kier molecular flexibility index (Phi) is 7.53. The van der Waals surface area contributed by atoms with E-state index in [1.54, 1.807) is 18.2 Å². The molecule has 0 aromatic heterocycles. The Labute approximate surface area is 246 Å². The molecule has 212 valence electrons. The molecule has 1 atom stereocenters. The Bertz CT molecular complexity index is 1650. The van der Waals surface area contributed by atoms with Gasteiger partial charge in [-0.25, -0.2) is 0 Å². The van der Waals surface area contributed by atoms with Crippen LogP contribution in [0.2, 0.25) is 0 Å². The molecular weight excluding hydrogens is 524 g/mol. The lowest BCUT2D eigenvalue weighted by molar-refractivity contribution is -0.132. The molecule has 2 fully saturated rings. The van der Waals surface area contributed by atoms with Crippen LogP contribution in [0.4, 0.5) is 11.4 Å². The number of amides is 1. The van der Waals surface area contributed by atoms with Gasteiger partial charge in [0.15, 0.2) is 0 Å². The van der Waals surface area contributed by atoms with E-state index in [4.69, 9.17) is 4.74 Å². The molecule has 42 heavy (non-hydrogen) atoms. The van der Waals surface area contributed by atoms with Crippen LogP contribution < -0.4 is 14.5 Å². The molecule has 2 aliphatic heterocycles.